The Morgan fingerprint density at radius 1 is 1.04 bits per heavy atom. The molecule has 0 fully saturated rings. The van der Waals surface area contributed by atoms with Crippen molar-refractivity contribution in [1.82, 2.24) is 0 Å². The number of hydrazone groups is 1. The highest BCUT2D eigenvalue weighted by molar-refractivity contribution is 5.82. The van der Waals surface area contributed by atoms with Gasteiger partial charge in [-0.3, -0.25) is 15.5 Å². The van der Waals surface area contributed by atoms with Crippen molar-refractivity contribution in [2.24, 2.45) is 5.10 Å². The summed E-state index contributed by atoms with van der Waals surface area (Å²) in [6.45, 7) is 0. The first kappa shape index (κ1) is 17.1. The predicted octanol–water partition coefficient (Wildman–Crippen LogP) is 3.44. The van der Waals surface area contributed by atoms with Crippen molar-refractivity contribution in [3.8, 4) is 5.75 Å². The lowest BCUT2D eigenvalue weighted by molar-refractivity contribution is -0.385. The van der Waals surface area contributed by atoms with Crippen LogP contribution in [0.4, 0.5) is 33.3 Å². The van der Waals surface area contributed by atoms with E-state index in [0.29, 0.717) is 0 Å². The molecule has 0 bridgehead atoms. The Balaban J connectivity index is 2.31. The minimum atomic E-state index is -2.31. The number of aromatic hydroxyl groups is 1. The number of rotatable bonds is 4. The Labute approximate surface area is 130 Å². The molecule has 0 radical (unpaired) electrons. The topological polar surface area (TPSA) is 87.8 Å². The molecule has 0 heterocycles. The molecule has 0 saturated heterocycles. The van der Waals surface area contributed by atoms with Crippen molar-refractivity contribution in [3.63, 3.8) is 0 Å². The van der Waals surface area contributed by atoms with Gasteiger partial charge in [0.15, 0.2) is 29.0 Å². The van der Waals surface area contributed by atoms with E-state index >= 15 is 0 Å². The van der Waals surface area contributed by atoms with Gasteiger partial charge in [-0.05, 0) is 12.1 Å². The summed E-state index contributed by atoms with van der Waals surface area (Å²) in [6.07, 6.45) is 0.824. The number of halogens is 5. The third kappa shape index (κ3) is 3.09. The second-order valence-electron chi connectivity index (χ2n) is 4.32. The van der Waals surface area contributed by atoms with Crippen LogP contribution in [0.25, 0.3) is 0 Å². The summed E-state index contributed by atoms with van der Waals surface area (Å²) in [5, 5.41) is 23.1. The van der Waals surface area contributed by atoms with Gasteiger partial charge in [-0.1, -0.05) is 0 Å². The number of phenols is 1. The van der Waals surface area contributed by atoms with Gasteiger partial charge in [-0.2, -0.15) is 5.10 Å². The third-order valence-corrected chi connectivity index (χ3v) is 2.80. The van der Waals surface area contributed by atoms with Crippen LogP contribution in [-0.4, -0.2) is 16.2 Å². The van der Waals surface area contributed by atoms with Gasteiger partial charge in [0, 0.05) is 11.6 Å². The summed E-state index contributed by atoms with van der Waals surface area (Å²) >= 11 is 0. The minimum Gasteiger partial charge on any atom is -0.502 e. The molecule has 2 aromatic carbocycles. The van der Waals surface area contributed by atoms with E-state index in [4.69, 9.17) is 0 Å². The summed E-state index contributed by atoms with van der Waals surface area (Å²) in [5.41, 5.74) is -0.370. The molecule has 0 aliphatic rings. The molecule has 6 nitrogen and oxygen atoms in total. The molecule has 0 spiro atoms. The van der Waals surface area contributed by atoms with E-state index in [9.17, 15) is 37.2 Å². The molecule has 2 aromatic rings. The first-order chi connectivity index (χ1) is 11.2. The number of anilines is 1. The highest BCUT2D eigenvalue weighted by Gasteiger charge is 2.25. The molecule has 24 heavy (non-hydrogen) atoms. The smallest absolute Gasteiger partial charge is 0.311 e. The number of hydrogen-bond donors (Lipinski definition) is 2. The second-order valence-corrected chi connectivity index (χ2v) is 4.32. The molecular formula is C13H6F5N3O3. The normalized spacial score (nSPS) is 11.0. The largest absolute Gasteiger partial charge is 0.502 e. The summed E-state index contributed by atoms with van der Waals surface area (Å²) in [4.78, 5) is 9.75. The van der Waals surface area contributed by atoms with Crippen molar-refractivity contribution in [1.29, 1.82) is 0 Å². The fourth-order valence-corrected chi connectivity index (χ4v) is 1.64. The lowest BCUT2D eigenvalue weighted by Gasteiger charge is -2.06. The van der Waals surface area contributed by atoms with E-state index in [0.717, 1.165) is 18.3 Å². The third-order valence-electron chi connectivity index (χ3n) is 2.80. The fraction of sp³-hybridized carbons (Fsp3) is 0. The van der Waals surface area contributed by atoms with E-state index in [1.165, 1.54) is 6.07 Å². The maximum Gasteiger partial charge on any atom is 0.311 e. The molecule has 2 N–H and O–H groups in total. The Kier molecular flexibility index (Phi) is 4.62. The van der Waals surface area contributed by atoms with E-state index < -0.39 is 51.1 Å². The van der Waals surface area contributed by atoms with Gasteiger partial charge in [0.05, 0.1) is 11.1 Å². The molecule has 0 aliphatic heterocycles. The van der Waals surface area contributed by atoms with Crippen LogP contribution in [-0.2, 0) is 0 Å². The van der Waals surface area contributed by atoms with Crippen molar-refractivity contribution in [3.05, 3.63) is 63.0 Å². The number of hydrogen-bond acceptors (Lipinski definition) is 5. The number of nitro groups is 1. The molecule has 0 amide bonds. The average Bonchev–Trinajstić information content (AvgIpc) is 2.55. The van der Waals surface area contributed by atoms with E-state index in [-0.39, 0.29) is 5.56 Å². The van der Waals surface area contributed by atoms with Crippen molar-refractivity contribution in [2.45, 2.75) is 0 Å². The highest BCUT2D eigenvalue weighted by Crippen LogP contribution is 2.27. The fourth-order valence-electron chi connectivity index (χ4n) is 1.64. The first-order valence-electron chi connectivity index (χ1n) is 6.02. The Morgan fingerprint density at radius 3 is 2.12 bits per heavy atom. The number of benzene rings is 2. The van der Waals surface area contributed by atoms with Crippen LogP contribution in [0.15, 0.2) is 23.3 Å². The monoisotopic (exact) mass is 347 g/mol. The van der Waals surface area contributed by atoms with Crippen LogP contribution in [0.2, 0.25) is 0 Å². The minimum absolute atomic E-state index is 0.0240. The van der Waals surface area contributed by atoms with Crippen molar-refractivity contribution < 1.29 is 32.0 Å². The van der Waals surface area contributed by atoms with Gasteiger partial charge >= 0.3 is 5.69 Å². The van der Waals surface area contributed by atoms with Gasteiger partial charge in [0.2, 0.25) is 5.82 Å². The van der Waals surface area contributed by atoms with Crippen molar-refractivity contribution in [2.75, 3.05) is 5.43 Å². The Hall–Kier alpha value is -3.24. The number of nitro benzene ring substituents is 1. The van der Waals surface area contributed by atoms with Gasteiger partial charge in [0.1, 0.15) is 5.69 Å². The lowest BCUT2D eigenvalue weighted by atomic mass is 10.2. The molecule has 11 heteroatoms. The first-order valence-corrected chi connectivity index (χ1v) is 6.02. The molecule has 0 unspecified atom stereocenters. The maximum atomic E-state index is 13.4. The molecule has 126 valence electrons. The number of nitrogens with zero attached hydrogens (tertiary/aromatic N) is 2. The molecule has 0 atom stereocenters. The Morgan fingerprint density at radius 2 is 1.58 bits per heavy atom. The van der Waals surface area contributed by atoms with Crippen molar-refractivity contribution >= 4 is 17.6 Å². The predicted molar refractivity (Wildman–Crippen MR) is 72.2 cm³/mol. The van der Waals surface area contributed by atoms with Gasteiger partial charge in [0.25, 0.3) is 0 Å². The van der Waals surface area contributed by atoms with E-state index in [1.54, 1.807) is 5.43 Å². The summed E-state index contributed by atoms with van der Waals surface area (Å²) in [5.74, 6) is -11.4. The zero-order valence-electron chi connectivity index (χ0n) is 11.4. The van der Waals surface area contributed by atoms with Gasteiger partial charge < -0.3 is 5.11 Å². The molecule has 0 saturated carbocycles. The van der Waals surface area contributed by atoms with Crippen LogP contribution >= 0.6 is 0 Å². The standard InChI is InChI=1S/C13H6F5N3O3/c14-8-9(15)11(17)13(12(18)10(8)16)20-19-4-5-1-2-7(22)6(3-5)21(23)24/h1-4,20,22H. The van der Waals surface area contributed by atoms with Crippen LogP contribution in [0.5, 0.6) is 5.75 Å². The Bertz CT molecular complexity index is 828. The van der Waals surface area contributed by atoms with Crippen LogP contribution < -0.4 is 5.43 Å². The maximum absolute atomic E-state index is 13.4. The summed E-state index contributed by atoms with van der Waals surface area (Å²) < 4.78 is 65.6. The van der Waals surface area contributed by atoms with E-state index in [2.05, 4.69) is 5.10 Å². The summed E-state index contributed by atoms with van der Waals surface area (Å²) in [6, 6.07) is 3.03. The number of phenolic OH excluding ortho intramolecular Hbond substituents is 1. The number of nitrogens with one attached hydrogen (secondary N) is 1. The molecule has 0 aliphatic carbocycles. The molecule has 2 rings (SSSR count). The van der Waals surface area contributed by atoms with Crippen LogP contribution in [0.1, 0.15) is 5.56 Å². The average molecular weight is 347 g/mol. The second kappa shape index (κ2) is 6.48. The SMILES string of the molecule is O=[N+]([O-])c1cc(C=NNc2c(F)c(F)c(F)c(F)c2F)ccc1O. The van der Waals surface area contributed by atoms with Gasteiger partial charge in [-0.25, -0.2) is 22.0 Å². The quantitative estimate of drug-likeness (QED) is 0.221. The molecule has 0 aromatic heterocycles. The summed E-state index contributed by atoms with van der Waals surface area (Å²) in [7, 11) is 0. The molecular weight excluding hydrogens is 341 g/mol. The zero-order chi connectivity index (χ0) is 18.0. The van der Waals surface area contributed by atoms with E-state index in [1.807, 2.05) is 0 Å². The lowest BCUT2D eigenvalue weighted by Crippen LogP contribution is -2.06. The van der Waals surface area contributed by atoms with Gasteiger partial charge in [-0.15, -0.1) is 0 Å². The van der Waals surface area contributed by atoms with Crippen LogP contribution in [0, 0.1) is 39.2 Å². The van der Waals surface area contributed by atoms with Crippen LogP contribution in [0.3, 0.4) is 0 Å². The highest BCUT2D eigenvalue weighted by atomic mass is 19.2. The zero-order valence-corrected chi connectivity index (χ0v) is 11.4.